The molecule has 2 rings (SSSR count). The molecule has 0 bridgehead atoms. The van der Waals surface area contributed by atoms with Gasteiger partial charge in [0.15, 0.2) is 0 Å². The van der Waals surface area contributed by atoms with Gasteiger partial charge in [0, 0.05) is 10.6 Å². The van der Waals surface area contributed by atoms with E-state index < -0.39 is 5.54 Å². The molecule has 0 saturated heterocycles. The predicted octanol–water partition coefficient (Wildman–Crippen LogP) is 2.68. The van der Waals surface area contributed by atoms with E-state index in [4.69, 9.17) is 6.42 Å². The first-order valence-corrected chi connectivity index (χ1v) is 7.48. The zero-order valence-corrected chi connectivity index (χ0v) is 11.6. The van der Waals surface area contributed by atoms with Crippen LogP contribution in [0.2, 0.25) is 0 Å². The van der Waals surface area contributed by atoms with E-state index in [0.29, 0.717) is 0 Å². The number of hydrogen-bond acceptors (Lipinski definition) is 3. The van der Waals surface area contributed by atoms with Crippen LogP contribution in [0.3, 0.4) is 0 Å². The fraction of sp³-hybridized carbons (Fsp3) is 0.462. The van der Waals surface area contributed by atoms with Crippen molar-refractivity contribution in [2.75, 3.05) is 5.75 Å². The Morgan fingerprint density at radius 3 is 3.00 bits per heavy atom. The van der Waals surface area contributed by atoms with Crippen molar-refractivity contribution in [1.29, 1.82) is 0 Å². The van der Waals surface area contributed by atoms with E-state index >= 15 is 0 Å². The maximum Gasteiger partial charge on any atom is 0.262 e. The minimum absolute atomic E-state index is 0.0580. The summed E-state index contributed by atoms with van der Waals surface area (Å²) < 4.78 is 0. The lowest BCUT2D eigenvalue weighted by Gasteiger charge is -2.18. The van der Waals surface area contributed by atoms with E-state index in [2.05, 4.69) is 11.2 Å². The molecule has 1 N–H and O–H groups in total. The first-order chi connectivity index (χ1) is 8.02. The van der Waals surface area contributed by atoms with Gasteiger partial charge in [-0.3, -0.25) is 4.79 Å². The van der Waals surface area contributed by atoms with Gasteiger partial charge in [-0.2, -0.15) is 11.8 Å². The topological polar surface area (TPSA) is 29.1 Å². The van der Waals surface area contributed by atoms with Crippen molar-refractivity contribution < 1.29 is 4.79 Å². The largest absolute Gasteiger partial charge is 0.336 e. The molecule has 0 fully saturated rings. The zero-order chi connectivity index (χ0) is 12.5. The van der Waals surface area contributed by atoms with E-state index in [-0.39, 0.29) is 5.91 Å². The van der Waals surface area contributed by atoms with Crippen LogP contribution in [0.1, 0.15) is 34.0 Å². The van der Waals surface area contributed by atoms with Crippen molar-refractivity contribution in [2.24, 2.45) is 0 Å². The SMILES string of the molecule is C#CC(C)(C)NC(=O)c1cc2c(s1)CCSC2. The third-order valence-electron chi connectivity index (χ3n) is 2.64. The lowest BCUT2D eigenvalue weighted by molar-refractivity contribution is 0.0934. The van der Waals surface area contributed by atoms with Gasteiger partial charge in [-0.1, -0.05) is 5.92 Å². The number of aryl methyl sites for hydroxylation is 1. The van der Waals surface area contributed by atoms with Crippen LogP contribution in [-0.4, -0.2) is 17.2 Å². The molecule has 4 heteroatoms. The zero-order valence-electron chi connectivity index (χ0n) is 10.0. The molecule has 90 valence electrons. The lowest BCUT2D eigenvalue weighted by Crippen LogP contribution is -2.41. The second-order valence-corrected chi connectivity index (χ2v) is 6.83. The maximum atomic E-state index is 12.0. The highest BCUT2D eigenvalue weighted by Gasteiger charge is 2.22. The molecule has 0 aromatic carbocycles. The van der Waals surface area contributed by atoms with Crippen LogP contribution >= 0.6 is 23.1 Å². The molecule has 0 aliphatic carbocycles. The fourth-order valence-electron chi connectivity index (χ4n) is 1.64. The standard InChI is InChI=1S/C13H15NOS2/c1-4-13(2,3)14-12(15)11-7-9-8-16-6-5-10(9)17-11/h1,7H,5-6,8H2,2-3H3,(H,14,15). The predicted molar refractivity (Wildman–Crippen MR) is 74.6 cm³/mol. The Hall–Kier alpha value is -0.920. The summed E-state index contributed by atoms with van der Waals surface area (Å²) >= 11 is 3.52. The third-order valence-corrected chi connectivity index (χ3v) is 4.88. The molecule has 17 heavy (non-hydrogen) atoms. The average Bonchev–Trinajstić information content (AvgIpc) is 2.72. The molecule has 0 atom stereocenters. The number of carbonyl (C=O) groups excluding carboxylic acids is 1. The van der Waals surface area contributed by atoms with Gasteiger partial charge in [-0.25, -0.2) is 0 Å². The molecular weight excluding hydrogens is 250 g/mol. The second-order valence-electron chi connectivity index (χ2n) is 4.59. The van der Waals surface area contributed by atoms with Crippen molar-refractivity contribution in [2.45, 2.75) is 31.6 Å². The van der Waals surface area contributed by atoms with Crippen LogP contribution < -0.4 is 5.32 Å². The highest BCUT2D eigenvalue weighted by Crippen LogP contribution is 2.31. The van der Waals surface area contributed by atoms with Gasteiger partial charge < -0.3 is 5.32 Å². The number of rotatable bonds is 2. The molecule has 1 aliphatic rings. The number of nitrogens with one attached hydrogen (secondary N) is 1. The van der Waals surface area contributed by atoms with E-state index in [1.807, 2.05) is 31.7 Å². The first-order valence-electron chi connectivity index (χ1n) is 5.51. The van der Waals surface area contributed by atoms with Crippen LogP contribution in [0.5, 0.6) is 0 Å². The third kappa shape index (κ3) is 2.85. The summed E-state index contributed by atoms with van der Waals surface area (Å²) in [7, 11) is 0. The monoisotopic (exact) mass is 265 g/mol. The minimum Gasteiger partial charge on any atom is -0.336 e. The van der Waals surface area contributed by atoms with Crippen LogP contribution in [0.15, 0.2) is 6.07 Å². The first kappa shape index (κ1) is 12.5. The molecule has 2 nitrogen and oxygen atoms in total. The van der Waals surface area contributed by atoms with Gasteiger partial charge in [0.2, 0.25) is 0 Å². The van der Waals surface area contributed by atoms with E-state index in [0.717, 1.165) is 22.8 Å². The van der Waals surface area contributed by atoms with Crippen molar-refractivity contribution in [3.05, 3.63) is 21.4 Å². The summed E-state index contributed by atoms with van der Waals surface area (Å²) in [5.41, 5.74) is 0.728. The second kappa shape index (κ2) is 4.75. The summed E-state index contributed by atoms with van der Waals surface area (Å²) in [5.74, 6) is 4.70. The smallest absolute Gasteiger partial charge is 0.262 e. The van der Waals surface area contributed by atoms with E-state index in [1.165, 1.54) is 10.4 Å². The number of fused-ring (bicyclic) bond motifs is 1. The molecule has 1 aromatic heterocycles. The number of thioether (sulfide) groups is 1. The summed E-state index contributed by atoms with van der Waals surface area (Å²) in [4.78, 5) is 14.2. The van der Waals surface area contributed by atoms with Gasteiger partial charge in [0.1, 0.15) is 0 Å². The molecule has 0 spiro atoms. The molecule has 1 aromatic rings. The van der Waals surface area contributed by atoms with Gasteiger partial charge in [0.05, 0.1) is 10.4 Å². The molecule has 0 radical (unpaired) electrons. The summed E-state index contributed by atoms with van der Waals surface area (Å²) in [6.07, 6.45) is 6.45. The Morgan fingerprint density at radius 1 is 1.59 bits per heavy atom. The van der Waals surface area contributed by atoms with Gasteiger partial charge >= 0.3 is 0 Å². The number of carbonyl (C=O) groups is 1. The van der Waals surface area contributed by atoms with Crippen LogP contribution in [-0.2, 0) is 12.2 Å². The summed E-state index contributed by atoms with van der Waals surface area (Å²) in [5, 5.41) is 2.86. The summed E-state index contributed by atoms with van der Waals surface area (Å²) in [6.45, 7) is 3.66. The average molecular weight is 265 g/mol. The van der Waals surface area contributed by atoms with Gasteiger partial charge in [0.25, 0.3) is 5.91 Å². The number of thiophene rings is 1. The van der Waals surface area contributed by atoms with Crippen LogP contribution in [0.4, 0.5) is 0 Å². The van der Waals surface area contributed by atoms with Crippen molar-refractivity contribution in [3.63, 3.8) is 0 Å². The molecule has 2 heterocycles. The molecule has 0 saturated carbocycles. The Balaban J connectivity index is 2.15. The Labute approximate surface area is 110 Å². The van der Waals surface area contributed by atoms with Gasteiger partial charge in [-0.15, -0.1) is 17.8 Å². The van der Waals surface area contributed by atoms with Crippen molar-refractivity contribution in [1.82, 2.24) is 5.32 Å². The number of terminal acetylenes is 1. The highest BCUT2D eigenvalue weighted by atomic mass is 32.2. The van der Waals surface area contributed by atoms with Crippen LogP contribution in [0.25, 0.3) is 0 Å². The maximum absolute atomic E-state index is 12.0. The highest BCUT2D eigenvalue weighted by molar-refractivity contribution is 7.98. The van der Waals surface area contributed by atoms with Crippen molar-refractivity contribution in [3.8, 4) is 12.3 Å². The Bertz CT molecular complexity index is 459. The Kier molecular flexibility index (Phi) is 3.50. The van der Waals surface area contributed by atoms with E-state index in [1.54, 1.807) is 11.3 Å². The lowest BCUT2D eigenvalue weighted by atomic mass is 10.1. The van der Waals surface area contributed by atoms with E-state index in [9.17, 15) is 4.79 Å². The minimum atomic E-state index is -0.587. The number of amides is 1. The normalized spacial score (nSPS) is 14.9. The fourth-order valence-corrected chi connectivity index (χ4v) is 3.91. The Morgan fingerprint density at radius 2 is 2.35 bits per heavy atom. The quantitative estimate of drug-likeness (QED) is 0.833. The summed E-state index contributed by atoms with van der Waals surface area (Å²) in [6, 6.07) is 2.01. The molecular formula is C13H15NOS2. The van der Waals surface area contributed by atoms with Crippen LogP contribution in [0, 0.1) is 12.3 Å². The molecule has 0 unspecified atom stereocenters. The molecule has 1 aliphatic heterocycles. The number of hydrogen-bond donors (Lipinski definition) is 1. The van der Waals surface area contributed by atoms with Gasteiger partial charge in [-0.05, 0) is 37.7 Å². The van der Waals surface area contributed by atoms with Crippen molar-refractivity contribution >= 4 is 29.0 Å². The molecule has 1 amide bonds.